The Kier molecular flexibility index (Phi) is 7.51. The number of para-hydroxylation sites is 3. The molecule has 0 aliphatic rings. The van der Waals surface area contributed by atoms with Crippen molar-refractivity contribution in [2.24, 2.45) is 0 Å². The zero-order valence-corrected chi connectivity index (χ0v) is 30.0. The van der Waals surface area contributed by atoms with Gasteiger partial charge in [0.25, 0.3) is 0 Å². The molecule has 0 aliphatic carbocycles. The summed E-state index contributed by atoms with van der Waals surface area (Å²) in [7, 11) is 0. The molecule has 3 heterocycles. The number of aromatic nitrogens is 4. The Hall–Kier alpha value is -7.11. The summed E-state index contributed by atoms with van der Waals surface area (Å²) in [6.45, 7) is 4.32. The molecule has 256 valence electrons. The fourth-order valence-corrected chi connectivity index (χ4v) is 7.74. The predicted molar refractivity (Wildman–Crippen MR) is 224 cm³/mol. The van der Waals surface area contributed by atoms with Gasteiger partial charge in [0.15, 0.2) is 0 Å². The van der Waals surface area contributed by atoms with Gasteiger partial charge in [-0.3, -0.25) is 4.98 Å². The normalized spacial score (nSPS) is 11.5. The van der Waals surface area contributed by atoms with Gasteiger partial charge >= 0.3 is 0 Å². The van der Waals surface area contributed by atoms with Crippen LogP contribution in [-0.2, 0) is 0 Å². The van der Waals surface area contributed by atoms with Gasteiger partial charge in [-0.1, -0.05) is 96.1 Å². The van der Waals surface area contributed by atoms with E-state index in [2.05, 4.69) is 145 Å². The molecule has 54 heavy (non-hydrogen) atoms. The van der Waals surface area contributed by atoms with E-state index in [4.69, 9.17) is 15.0 Å². The van der Waals surface area contributed by atoms with Gasteiger partial charge in [0, 0.05) is 50.5 Å². The first-order chi connectivity index (χ1) is 26.6. The van der Waals surface area contributed by atoms with E-state index in [0.717, 1.165) is 67.2 Å². The highest BCUT2D eigenvalue weighted by molar-refractivity contribution is 6.09. The highest BCUT2D eigenvalue weighted by atomic mass is 15.1. The Morgan fingerprint density at radius 3 is 1.67 bits per heavy atom. The van der Waals surface area contributed by atoms with Crippen LogP contribution in [0.25, 0.3) is 71.9 Å². The van der Waals surface area contributed by atoms with Crippen molar-refractivity contribution >= 4 is 60.8 Å². The number of hydrogen-bond acceptors (Lipinski definition) is 4. The lowest BCUT2D eigenvalue weighted by atomic mass is 10.0. The van der Waals surface area contributed by atoms with E-state index in [1.807, 2.05) is 54.7 Å². The molecule has 0 bridgehead atoms. The van der Waals surface area contributed by atoms with E-state index < -0.39 is 0 Å². The number of aryl methyl sites for hydroxylation is 2. The fourth-order valence-electron chi connectivity index (χ4n) is 7.74. The van der Waals surface area contributed by atoms with Gasteiger partial charge in [-0.2, -0.15) is 0 Å². The molecule has 10 aromatic rings. The van der Waals surface area contributed by atoms with Gasteiger partial charge in [-0.25, -0.2) is 9.97 Å². The summed E-state index contributed by atoms with van der Waals surface area (Å²) < 4.78 is 2.38. The molecule has 5 heteroatoms. The van der Waals surface area contributed by atoms with Crippen LogP contribution >= 0.6 is 0 Å². The molecular weight excluding hydrogens is 659 g/mol. The van der Waals surface area contributed by atoms with Crippen LogP contribution < -0.4 is 4.90 Å². The summed E-state index contributed by atoms with van der Waals surface area (Å²) in [5.41, 5.74) is 15.5. The van der Waals surface area contributed by atoms with Crippen LogP contribution in [0.15, 0.2) is 176 Å². The third-order valence-electron chi connectivity index (χ3n) is 10.3. The zero-order chi connectivity index (χ0) is 36.2. The third-order valence-corrected chi connectivity index (χ3v) is 10.3. The summed E-state index contributed by atoms with van der Waals surface area (Å²) in [5.74, 6) is 0. The van der Waals surface area contributed by atoms with Crippen LogP contribution in [-0.4, -0.2) is 19.5 Å². The maximum Gasteiger partial charge on any atom is 0.0973 e. The summed E-state index contributed by atoms with van der Waals surface area (Å²) in [6, 6.07) is 59.9. The molecule has 0 amide bonds. The van der Waals surface area contributed by atoms with Gasteiger partial charge in [-0.15, -0.1) is 0 Å². The Morgan fingerprint density at radius 1 is 0.481 bits per heavy atom. The fraction of sp³-hybridized carbons (Fsp3) is 0.0408. The molecule has 0 spiro atoms. The predicted octanol–water partition coefficient (Wildman–Crippen LogP) is 12.7. The zero-order valence-electron chi connectivity index (χ0n) is 30.0. The smallest absolute Gasteiger partial charge is 0.0973 e. The van der Waals surface area contributed by atoms with Crippen molar-refractivity contribution in [2.45, 2.75) is 13.8 Å². The minimum absolute atomic E-state index is 0.853. The molecular formula is C49H35N5. The maximum absolute atomic E-state index is 5.15. The molecule has 7 aromatic carbocycles. The van der Waals surface area contributed by atoms with E-state index in [1.165, 1.54) is 32.9 Å². The number of nitrogens with zero attached hydrogens (tertiary/aromatic N) is 5. The molecule has 0 N–H and O–H groups in total. The monoisotopic (exact) mass is 693 g/mol. The molecule has 0 unspecified atom stereocenters. The van der Waals surface area contributed by atoms with Gasteiger partial charge in [0.2, 0.25) is 0 Å². The summed E-state index contributed by atoms with van der Waals surface area (Å²) in [4.78, 5) is 17.4. The third kappa shape index (κ3) is 5.37. The lowest BCUT2D eigenvalue weighted by molar-refractivity contribution is 1.17. The average Bonchev–Trinajstić information content (AvgIpc) is 3.54. The van der Waals surface area contributed by atoms with Crippen molar-refractivity contribution in [2.75, 3.05) is 4.90 Å². The Morgan fingerprint density at radius 2 is 1.04 bits per heavy atom. The maximum atomic E-state index is 5.15. The van der Waals surface area contributed by atoms with Crippen LogP contribution in [0.4, 0.5) is 17.1 Å². The molecule has 0 atom stereocenters. The van der Waals surface area contributed by atoms with E-state index >= 15 is 0 Å². The largest absolute Gasteiger partial charge is 0.309 e. The van der Waals surface area contributed by atoms with Crippen LogP contribution in [0.5, 0.6) is 0 Å². The van der Waals surface area contributed by atoms with Crippen molar-refractivity contribution in [3.63, 3.8) is 0 Å². The van der Waals surface area contributed by atoms with Gasteiger partial charge < -0.3 is 9.47 Å². The number of rotatable bonds is 6. The number of anilines is 3. The first-order valence-corrected chi connectivity index (χ1v) is 18.3. The van der Waals surface area contributed by atoms with Gasteiger partial charge in [0.1, 0.15) is 0 Å². The quantitative estimate of drug-likeness (QED) is 0.174. The van der Waals surface area contributed by atoms with Crippen molar-refractivity contribution in [3.8, 4) is 28.2 Å². The number of fused-ring (bicyclic) bond motifs is 5. The minimum Gasteiger partial charge on any atom is -0.309 e. The molecule has 0 radical (unpaired) electrons. The lowest BCUT2D eigenvalue weighted by Crippen LogP contribution is -2.11. The topological polar surface area (TPSA) is 46.8 Å². The Bertz CT molecular complexity index is 2940. The number of hydrogen-bond donors (Lipinski definition) is 0. The molecule has 0 fully saturated rings. The first kappa shape index (κ1) is 31.6. The molecule has 0 aliphatic heterocycles. The van der Waals surface area contributed by atoms with Crippen LogP contribution in [0, 0.1) is 13.8 Å². The highest BCUT2D eigenvalue weighted by Crippen LogP contribution is 2.41. The van der Waals surface area contributed by atoms with Gasteiger partial charge in [0.05, 0.1) is 44.7 Å². The molecule has 0 saturated heterocycles. The second-order valence-electron chi connectivity index (χ2n) is 13.9. The highest BCUT2D eigenvalue weighted by Gasteiger charge is 2.19. The summed E-state index contributed by atoms with van der Waals surface area (Å²) >= 11 is 0. The van der Waals surface area contributed by atoms with E-state index in [9.17, 15) is 0 Å². The lowest BCUT2D eigenvalue weighted by Gasteiger charge is -2.27. The van der Waals surface area contributed by atoms with Crippen molar-refractivity contribution in [1.29, 1.82) is 0 Å². The SMILES string of the molecule is Cc1ccc2c(c1)c1cc(C)ccc1n2-c1ccc(N(c2ccc(-c3nc4ccccc4nc3-c3ccccc3)cc2)c2cccc3cccnc23)cc1. The van der Waals surface area contributed by atoms with Crippen LogP contribution in [0.2, 0.25) is 0 Å². The van der Waals surface area contributed by atoms with Gasteiger partial charge in [-0.05, 0) is 98.8 Å². The second kappa shape index (κ2) is 12.8. The molecule has 0 saturated carbocycles. The molecule has 10 rings (SSSR count). The standard InChI is InChI=1S/C49H35N5/c1-32-17-27-44-40(30-32)41-31-33(2)18-28-45(41)54(44)39-25-23-38(24-26-39)53(46-16-8-12-34-13-9-29-50-47(34)46)37-21-19-36(20-22-37)49-48(35-10-4-3-5-11-35)51-42-14-6-7-15-43(42)52-49/h3-31H,1-2H3. The van der Waals surface area contributed by atoms with Crippen molar-refractivity contribution in [3.05, 3.63) is 187 Å². The van der Waals surface area contributed by atoms with Crippen LogP contribution in [0.1, 0.15) is 11.1 Å². The van der Waals surface area contributed by atoms with E-state index in [0.29, 0.717) is 0 Å². The Balaban J connectivity index is 1.11. The van der Waals surface area contributed by atoms with Crippen LogP contribution in [0.3, 0.4) is 0 Å². The van der Waals surface area contributed by atoms with E-state index in [-0.39, 0.29) is 0 Å². The first-order valence-electron chi connectivity index (χ1n) is 18.3. The number of benzene rings is 7. The second-order valence-corrected chi connectivity index (χ2v) is 13.9. The average molecular weight is 694 g/mol. The van der Waals surface area contributed by atoms with E-state index in [1.54, 1.807) is 0 Å². The molecule has 3 aromatic heterocycles. The Labute approximate surface area is 313 Å². The summed E-state index contributed by atoms with van der Waals surface area (Å²) in [5, 5.41) is 3.63. The van der Waals surface area contributed by atoms with Crippen molar-refractivity contribution < 1.29 is 0 Å². The molecule has 5 nitrogen and oxygen atoms in total. The summed E-state index contributed by atoms with van der Waals surface area (Å²) in [6.07, 6.45) is 1.87. The van der Waals surface area contributed by atoms with Crippen molar-refractivity contribution in [1.82, 2.24) is 19.5 Å². The number of pyridine rings is 1. The minimum atomic E-state index is 0.853.